The molecule has 0 radical (unpaired) electrons. The van der Waals surface area contributed by atoms with E-state index in [-0.39, 0.29) is 4.90 Å². The second-order valence-corrected chi connectivity index (χ2v) is 8.52. The summed E-state index contributed by atoms with van der Waals surface area (Å²) in [5.74, 6) is -0.516. The average molecular weight is 422 g/mol. The number of sulfonamides is 1. The molecular formula is C20H24ClN3O3S. The van der Waals surface area contributed by atoms with E-state index in [1.165, 1.54) is 24.3 Å². The summed E-state index contributed by atoms with van der Waals surface area (Å²) in [4.78, 5) is 12.5. The molecule has 0 spiro atoms. The van der Waals surface area contributed by atoms with E-state index < -0.39 is 22.5 Å². The van der Waals surface area contributed by atoms with Gasteiger partial charge < -0.3 is 0 Å². The van der Waals surface area contributed by atoms with Gasteiger partial charge in [0.05, 0.1) is 10.6 Å². The molecule has 2 rings (SSSR count). The van der Waals surface area contributed by atoms with Crippen LogP contribution in [0.5, 0.6) is 0 Å². The van der Waals surface area contributed by atoms with E-state index in [1.807, 2.05) is 20.8 Å². The Balaban J connectivity index is 2.37. The number of hydrogen-bond acceptors (Lipinski definition) is 4. The summed E-state index contributed by atoms with van der Waals surface area (Å²) in [7, 11) is -3.96. The molecule has 0 aliphatic carbocycles. The number of amides is 1. The molecule has 1 amide bonds. The van der Waals surface area contributed by atoms with Gasteiger partial charge in [-0.2, -0.15) is 5.10 Å². The second kappa shape index (κ2) is 9.71. The van der Waals surface area contributed by atoms with Crippen molar-refractivity contribution in [3.63, 3.8) is 0 Å². The van der Waals surface area contributed by atoms with E-state index >= 15 is 0 Å². The summed E-state index contributed by atoms with van der Waals surface area (Å²) >= 11 is 5.87. The SMILES string of the molecule is CCC(CC)=NNC(=O)CN(c1ccc(C)cc1)S(=O)(=O)c1ccc(Cl)cc1. The minimum atomic E-state index is -3.96. The van der Waals surface area contributed by atoms with Crippen LogP contribution in [0.3, 0.4) is 0 Å². The maximum atomic E-state index is 13.2. The normalized spacial score (nSPS) is 11.0. The van der Waals surface area contributed by atoms with E-state index in [2.05, 4.69) is 10.5 Å². The molecule has 2 aromatic carbocycles. The van der Waals surface area contributed by atoms with Crippen LogP contribution in [-0.2, 0) is 14.8 Å². The molecule has 28 heavy (non-hydrogen) atoms. The summed E-state index contributed by atoms with van der Waals surface area (Å²) in [5, 5.41) is 4.50. The van der Waals surface area contributed by atoms with Crippen molar-refractivity contribution in [2.45, 2.75) is 38.5 Å². The molecule has 0 unspecified atom stereocenters. The van der Waals surface area contributed by atoms with Crippen LogP contribution in [0.1, 0.15) is 32.3 Å². The maximum absolute atomic E-state index is 13.2. The molecule has 0 fully saturated rings. The Morgan fingerprint density at radius 2 is 1.61 bits per heavy atom. The first-order valence-corrected chi connectivity index (χ1v) is 10.8. The number of benzene rings is 2. The van der Waals surface area contributed by atoms with Gasteiger partial charge in [-0.25, -0.2) is 13.8 Å². The van der Waals surface area contributed by atoms with Crippen molar-refractivity contribution in [3.8, 4) is 0 Å². The van der Waals surface area contributed by atoms with Crippen molar-refractivity contribution in [1.29, 1.82) is 0 Å². The van der Waals surface area contributed by atoms with Gasteiger partial charge in [-0.3, -0.25) is 9.10 Å². The quantitative estimate of drug-likeness (QED) is 0.514. The molecule has 6 nitrogen and oxygen atoms in total. The number of carbonyl (C=O) groups excluding carboxylic acids is 1. The molecule has 0 aliphatic heterocycles. The van der Waals surface area contributed by atoms with Crippen molar-refractivity contribution < 1.29 is 13.2 Å². The van der Waals surface area contributed by atoms with Crippen molar-refractivity contribution in [1.82, 2.24) is 5.43 Å². The van der Waals surface area contributed by atoms with Gasteiger partial charge in [0.1, 0.15) is 6.54 Å². The Morgan fingerprint density at radius 1 is 1.04 bits per heavy atom. The molecule has 0 atom stereocenters. The smallest absolute Gasteiger partial charge is 0.264 e. The first kappa shape index (κ1) is 21.9. The van der Waals surface area contributed by atoms with Crippen LogP contribution in [0.15, 0.2) is 58.5 Å². The summed E-state index contributed by atoms with van der Waals surface area (Å²) in [6.07, 6.45) is 1.42. The number of nitrogens with one attached hydrogen (secondary N) is 1. The highest BCUT2D eigenvalue weighted by Crippen LogP contribution is 2.25. The van der Waals surface area contributed by atoms with Gasteiger partial charge in [0.2, 0.25) is 0 Å². The molecule has 1 N–H and O–H groups in total. The number of halogens is 1. The number of hydrogen-bond donors (Lipinski definition) is 1. The van der Waals surface area contributed by atoms with Crippen molar-refractivity contribution >= 4 is 38.9 Å². The molecular weight excluding hydrogens is 398 g/mol. The zero-order valence-corrected chi connectivity index (χ0v) is 17.7. The summed E-state index contributed by atoms with van der Waals surface area (Å²) in [6.45, 7) is 5.40. The maximum Gasteiger partial charge on any atom is 0.264 e. The van der Waals surface area contributed by atoms with E-state index in [4.69, 9.17) is 11.6 Å². The molecule has 150 valence electrons. The minimum Gasteiger partial charge on any atom is -0.271 e. The fourth-order valence-electron chi connectivity index (χ4n) is 2.48. The fraction of sp³-hybridized carbons (Fsp3) is 0.300. The zero-order valence-electron chi connectivity index (χ0n) is 16.1. The Kier molecular flexibility index (Phi) is 7.60. The van der Waals surface area contributed by atoms with Gasteiger partial charge in [0.15, 0.2) is 0 Å². The number of aryl methyl sites for hydroxylation is 1. The number of hydrazone groups is 1. The molecule has 0 aliphatic rings. The van der Waals surface area contributed by atoms with Gasteiger partial charge in [-0.05, 0) is 56.2 Å². The average Bonchev–Trinajstić information content (AvgIpc) is 2.68. The number of rotatable bonds is 8. The topological polar surface area (TPSA) is 78.8 Å². The minimum absolute atomic E-state index is 0.0524. The van der Waals surface area contributed by atoms with Gasteiger partial charge in [0, 0.05) is 10.7 Å². The van der Waals surface area contributed by atoms with Crippen LogP contribution >= 0.6 is 11.6 Å². The van der Waals surface area contributed by atoms with Crippen molar-refractivity contribution in [3.05, 3.63) is 59.1 Å². The third-order valence-corrected chi connectivity index (χ3v) is 6.21. The van der Waals surface area contributed by atoms with E-state index in [1.54, 1.807) is 24.3 Å². The molecule has 8 heteroatoms. The first-order chi connectivity index (χ1) is 13.3. The largest absolute Gasteiger partial charge is 0.271 e. The predicted octanol–water partition coefficient (Wildman–Crippen LogP) is 4.14. The number of nitrogens with zero attached hydrogens (tertiary/aromatic N) is 2. The summed E-state index contributed by atoms with van der Waals surface area (Å²) in [6, 6.07) is 12.8. The Labute approximate surface area is 171 Å². The van der Waals surface area contributed by atoms with Crippen LogP contribution in [0, 0.1) is 6.92 Å². The van der Waals surface area contributed by atoms with Crippen LogP contribution in [-0.4, -0.2) is 26.6 Å². The lowest BCUT2D eigenvalue weighted by atomic mass is 10.2. The standard InChI is InChI=1S/C20H24ClN3O3S/c1-4-17(5-2)22-23-20(25)14-24(18-10-6-15(3)7-11-18)28(26,27)19-12-8-16(21)9-13-19/h6-13H,4-5,14H2,1-3H3,(H,23,25). The van der Waals surface area contributed by atoms with Gasteiger partial charge >= 0.3 is 0 Å². The zero-order chi connectivity index (χ0) is 20.7. The molecule has 0 aromatic heterocycles. The molecule has 2 aromatic rings. The molecule has 0 bridgehead atoms. The Morgan fingerprint density at radius 3 is 2.14 bits per heavy atom. The van der Waals surface area contributed by atoms with Crippen LogP contribution in [0.4, 0.5) is 5.69 Å². The highest BCUT2D eigenvalue weighted by molar-refractivity contribution is 7.92. The van der Waals surface area contributed by atoms with Crippen LogP contribution in [0.25, 0.3) is 0 Å². The van der Waals surface area contributed by atoms with E-state index in [0.717, 1.165) is 15.6 Å². The highest BCUT2D eigenvalue weighted by Gasteiger charge is 2.27. The molecule has 0 saturated heterocycles. The summed E-state index contributed by atoms with van der Waals surface area (Å²) < 4.78 is 27.4. The van der Waals surface area contributed by atoms with Gasteiger partial charge in [0.25, 0.3) is 15.9 Å². The van der Waals surface area contributed by atoms with Gasteiger partial charge in [-0.15, -0.1) is 0 Å². The lowest BCUT2D eigenvalue weighted by Gasteiger charge is -2.24. The third-order valence-electron chi connectivity index (χ3n) is 4.17. The first-order valence-electron chi connectivity index (χ1n) is 8.97. The van der Waals surface area contributed by atoms with Crippen LogP contribution < -0.4 is 9.73 Å². The number of anilines is 1. The van der Waals surface area contributed by atoms with E-state index in [0.29, 0.717) is 23.6 Å². The monoisotopic (exact) mass is 421 g/mol. The van der Waals surface area contributed by atoms with Crippen molar-refractivity contribution in [2.24, 2.45) is 5.10 Å². The fourth-order valence-corrected chi connectivity index (χ4v) is 4.02. The summed E-state index contributed by atoms with van der Waals surface area (Å²) in [5.41, 5.74) is 4.66. The Hall–Kier alpha value is -2.38. The van der Waals surface area contributed by atoms with E-state index in [9.17, 15) is 13.2 Å². The predicted molar refractivity (Wildman–Crippen MR) is 113 cm³/mol. The van der Waals surface area contributed by atoms with Crippen molar-refractivity contribution in [2.75, 3.05) is 10.8 Å². The van der Waals surface area contributed by atoms with Crippen LogP contribution in [0.2, 0.25) is 5.02 Å². The molecule has 0 heterocycles. The highest BCUT2D eigenvalue weighted by atomic mass is 35.5. The molecule has 0 saturated carbocycles. The van der Waals surface area contributed by atoms with Gasteiger partial charge in [-0.1, -0.05) is 43.1 Å². The Bertz CT molecular complexity index is 934. The second-order valence-electron chi connectivity index (χ2n) is 6.22. The number of carbonyl (C=O) groups is 1. The lowest BCUT2D eigenvalue weighted by molar-refractivity contribution is -0.119. The lowest BCUT2D eigenvalue weighted by Crippen LogP contribution is -2.39. The third kappa shape index (κ3) is 5.56.